The number of thioether (sulfide) groups is 1. The molecule has 0 aliphatic rings. The van der Waals surface area contributed by atoms with Gasteiger partial charge in [-0.05, 0) is 31.2 Å². The van der Waals surface area contributed by atoms with Gasteiger partial charge in [0.15, 0.2) is 4.34 Å². The van der Waals surface area contributed by atoms with E-state index in [9.17, 15) is 4.79 Å². The molecule has 0 unspecified atom stereocenters. The van der Waals surface area contributed by atoms with Crippen LogP contribution < -0.4 is 5.32 Å². The maximum atomic E-state index is 12.0. The molecule has 0 aliphatic heterocycles. The summed E-state index contributed by atoms with van der Waals surface area (Å²) in [6, 6.07) is 15.8. The van der Waals surface area contributed by atoms with E-state index in [0.717, 1.165) is 25.8 Å². The molecule has 3 nitrogen and oxygen atoms in total. The third-order valence-electron chi connectivity index (χ3n) is 3.29. The zero-order valence-corrected chi connectivity index (χ0v) is 16.2. The van der Waals surface area contributed by atoms with Gasteiger partial charge in [0.25, 0.3) is 0 Å². The topological polar surface area (TPSA) is 42.0 Å². The fourth-order valence-electron chi connectivity index (χ4n) is 2.04. The van der Waals surface area contributed by atoms with Crippen LogP contribution in [0.5, 0.6) is 0 Å². The van der Waals surface area contributed by atoms with Gasteiger partial charge in [0, 0.05) is 21.1 Å². The second kappa shape index (κ2) is 7.96. The minimum absolute atomic E-state index is 0.0330. The maximum absolute atomic E-state index is 12.0. The molecule has 122 valence electrons. The van der Waals surface area contributed by atoms with Crippen molar-refractivity contribution >= 4 is 50.6 Å². The van der Waals surface area contributed by atoms with Gasteiger partial charge in [0.1, 0.15) is 0 Å². The molecule has 0 aliphatic carbocycles. The summed E-state index contributed by atoms with van der Waals surface area (Å²) in [4.78, 5) is 16.6. The summed E-state index contributed by atoms with van der Waals surface area (Å²) in [6.07, 6.45) is 0. The molecule has 6 heteroatoms. The van der Waals surface area contributed by atoms with Gasteiger partial charge in [-0.15, -0.1) is 11.3 Å². The normalized spacial score (nSPS) is 10.6. The number of hydrogen-bond acceptors (Lipinski definition) is 4. The Hall–Kier alpha value is -1.63. The van der Waals surface area contributed by atoms with E-state index in [0.29, 0.717) is 5.75 Å². The van der Waals surface area contributed by atoms with Crippen LogP contribution in [-0.4, -0.2) is 16.6 Å². The number of aromatic nitrogens is 1. The van der Waals surface area contributed by atoms with E-state index in [1.165, 1.54) is 17.3 Å². The molecule has 24 heavy (non-hydrogen) atoms. The third kappa shape index (κ3) is 4.69. The average Bonchev–Trinajstić information content (AvgIpc) is 3.05. The van der Waals surface area contributed by atoms with E-state index in [4.69, 9.17) is 0 Å². The van der Waals surface area contributed by atoms with Crippen LogP contribution in [0, 0.1) is 6.92 Å². The summed E-state index contributed by atoms with van der Waals surface area (Å²) in [7, 11) is 0. The molecular formula is C18H15BrN2OS2. The number of hydrogen-bond donors (Lipinski definition) is 1. The molecule has 0 radical (unpaired) electrons. The fourth-order valence-corrected chi connectivity index (χ4v) is 3.94. The van der Waals surface area contributed by atoms with Gasteiger partial charge in [-0.25, -0.2) is 4.98 Å². The van der Waals surface area contributed by atoms with Crippen molar-refractivity contribution in [2.75, 3.05) is 11.1 Å². The minimum Gasteiger partial charge on any atom is -0.325 e. The Labute approximate surface area is 157 Å². The van der Waals surface area contributed by atoms with Crippen LogP contribution >= 0.6 is 39.0 Å². The van der Waals surface area contributed by atoms with Gasteiger partial charge < -0.3 is 5.32 Å². The molecule has 1 amide bonds. The first-order valence-electron chi connectivity index (χ1n) is 7.31. The minimum atomic E-state index is -0.0330. The van der Waals surface area contributed by atoms with Crippen LogP contribution in [0.15, 0.2) is 62.7 Å². The van der Waals surface area contributed by atoms with Crippen LogP contribution in [0.1, 0.15) is 5.56 Å². The molecule has 3 aromatic rings. The van der Waals surface area contributed by atoms with Crippen molar-refractivity contribution in [1.29, 1.82) is 0 Å². The van der Waals surface area contributed by atoms with Crippen molar-refractivity contribution in [3.8, 4) is 11.3 Å². The van der Waals surface area contributed by atoms with E-state index < -0.39 is 0 Å². The Balaban J connectivity index is 1.56. The number of amides is 1. The van der Waals surface area contributed by atoms with Gasteiger partial charge in [0.05, 0.1) is 11.4 Å². The molecule has 0 saturated carbocycles. The summed E-state index contributed by atoms with van der Waals surface area (Å²) in [6.45, 7) is 2.07. The summed E-state index contributed by atoms with van der Waals surface area (Å²) in [5.41, 5.74) is 4.08. The zero-order chi connectivity index (χ0) is 16.9. The third-order valence-corrected chi connectivity index (χ3v) is 5.83. The van der Waals surface area contributed by atoms with Crippen molar-refractivity contribution in [2.45, 2.75) is 11.3 Å². The number of carbonyl (C=O) groups is 1. The van der Waals surface area contributed by atoms with Crippen LogP contribution in [0.4, 0.5) is 5.69 Å². The first-order valence-corrected chi connectivity index (χ1v) is 9.97. The molecule has 1 N–H and O–H groups in total. The van der Waals surface area contributed by atoms with Crippen LogP contribution in [0.2, 0.25) is 0 Å². The quantitative estimate of drug-likeness (QED) is 0.547. The van der Waals surface area contributed by atoms with Gasteiger partial charge >= 0.3 is 0 Å². The molecule has 3 rings (SSSR count). The summed E-state index contributed by atoms with van der Waals surface area (Å²) >= 11 is 6.39. The van der Waals surface area contributed by atoms with E-state index in [1.807, 2.05) is 29.6 Å². The summed E-state index contributed by atoms with van der Waals surface area (Å²) in [5, 5.41) is 4.91. The number of benzene rings is 2. The molecule has 1 aromatic heterocycles. The lowest BCUT2D eigenvalue weighted by Crippen LogP contribution is -2.13. The fraction of sp³-hybridized carbons (Fsp3) is 0.111. The molecule has 0 atom stereocenters. The van der Waals surface area contributed by atoms with Gasteiger partial charge in [-0.2, -0.15) is 0 Å². The highest BCUT2D eigenvalue weighted by Crippen LogP contribution is 2.28. The molecule has 2 aromatic carbocycles. The number of nitrogens with zero attached hydrogens (tertiary/aromatic N) is 1. The maximum Gasteiger partial charge on any atom is 0.234 e. The monoisotopic (exact) mass is 418 g/mol. The second-order valence-corrected chi connectivity index (χ2v) is 8.20. The Morgan fingerprint density at radius 1 is 1.17 bits per heavy atom. The molecule has 1 heterocycles. The van der Waals surface area contributed by atoms with Crippen LogP contribution in [-0.2, 0) is 4.79 Å². The van der Waals surface area contributed by atoms with Crippen LogP contribution in [0.25, 0.3) is 11.3 Å². The first kappa shape index (κ1) is 17.2. The lowest BCUT2D eigenvalue weighted by atomic mass is 10.1. The highest BCUT2D eigenvalue weighted by molar-refractivity contribution is 9.10. The van der Waals surface area contributed by atoms with E-state index >= 15 is 0 Å². The number of aryl methyl sites for hydroxylation is 1. The number of carbonyl (C=O) groups excluding carboxylic acids is 1. The highest BCUT2D eigenvalue weighted by Gasteiger charge is 2.08. The van der Waals surface area contributed by atoms with Crippen LogP contribution in [0.3, 0.4) is 0 Å². The van der Waals surface area contributed by atoms with E-state index in [-0.39, 0.29) is 5.91 Å². The average molecular weight is 419 g/mol. The summed E-state index contributed by atoms with van der Waals surface area (Å²) < 4.78 is 1.89. The Morgan fingerprint density at radius 2 is 1.88 bits per heavy atom. The lowest BCUT2D eigenvalue weighted by Gasteiger charge is -2.04. The SMILES string of the molecule is Cc1ccc(-c2csc(SCC(=O)Nc3ccc(Br)cc3)n2)cc1. The predicted octanol–water partition coefficient (Wildman–Crippen LogP) is 5.61. The van der Waals surface area contributed by atoms with Gasteiger partial charge in [-0.3, -0.25) is 4.79 Å². The Kier molecular flexibility index (Phi) is 5.71. The number of rotatable bonds is 5. The van der Waals surface area contributed by atoms with E-state index in [2.05, 4.69) is 57.4 Å². The smallest absolute Gasteiger partial charge is 0.234 e. The van der Waals surface area contributed by atoms with Crippen molar-refractivity contribution in [2.24, 2.45) is 0 Å². The number of anilines is 1. The standard InChI is InChI=1S/C18H15BrN2OS2/c1-12-2-4-13(5-3-12)16-10-23-18(21-16)24-11-17(22)20-15-8-6-14(19)7-9-15/h2-10H,11H2,1H3,(H,20,22). The molecule has 0 bridgehead atoms. The van der Waals surface area contributed by atoms with Crippen molar-refractivity contribution < 1.29 is 4.79 Å². The van der Waals surface area contributed by atoms with Gasteiger partial charge in [-0.1, -0.05) is 57.5 Å². The Bertz CT molecular complexity index is 829. The summed E-state index contributed by atoms with van der Waals surface area (Å²) in [5.74, 6) is 0.311. The molecule has 0 spiro atoms. The Morgan fingerprint density at radius 3 is 2.58 bits per heavy atom. The lowest BCUT2D eigenvalue weighted by molar-refractivity contribution is -0.113. The molecule has 0 fully saturated rings. The second-order valence-electron chi connectivity index (χ2n) is 5.21. The first-order chi connectivity index (χ1) is 11.6. The largest absolute Gasteiger partial charge is 0.325 e. The van der Waals surface area contributed by atoms with Crippen molar-refractivity contribution in [3.63, 3.8) is 0 Å². The molecular weight excluding hydrogens is 404 g/mol. The van der Waals surface area contributed by atoms with Crippen molar-refractivity contribution in [1.82, 2.24) is 4.98 Å². The van der Waals surface area contributed by atoms with E-state index in [1.54, 1.807) is 11.3 Å². The number of halogens is 1. The van der Waals surface area contributed by atoms with Gasteiger partial charge in [0.2, 0.25) is 5.91 Å². The number of nitrogens with one attached hydrogen (secondary N) is 1. The number of thiazole rings is 1. The highest BCUT2D eigenvalue weighted by atomic mass is 79.9. The molecule has 0 saturated heterocycles. The van der Waals surface area contributed by atoms with Crippen molar-refractivity contribution in [3.05, 3.63) is 63.9 Å². The predicted molar refractivity (Wildman–Crippen MR) is 106 cm³/mol. The zero-order valence-electron chi connectivity index (χ0n) is 13.0.